The molecule has 0 unspecified atom stereocenters. The van der Waals surface area contributed by atoms with Gasteiger partial charge in [-0.1, -0.05) is 6.07 Å². The van der Waals surface area contributed by atoms with Gasteiger partial charge < -0.3 is 10.2 Å². The highest BCUT2D eigenvalue weighted by Gasteiger charge is 2.09. The van der Waals surface area contributed by atoms with E-state index in [1.54, 1.807) is 0 Å². The zero-order valence-corrected chi connectivity index (χ0v) is 10.1. The zero-order chi connectivity index (χ0) is 10.3. The lowest BCUT2D eigenvalue weighted by Crippen LogP contribution is -2.30. The Morgan fingerprint density at radius 3 is 2.87 bits per heavy atom. The molecule has 2 heterocycles. The third-order valence-electron chi connectivity index (χ3n) is 2.93. The van der Waals surface area contributed by atoms with Crippen LogP contribution in [0.4, 0.5) is 0 Å². The van der Waals surface area contributed by atoms with Crippen LogP contribution in [-0.4, -0.2) is 37.6 Å². The van der Waals surface area contributed by atoms with Crippen LogP contribution in [-0.2, 0) is 6.42 Å². The highest BCUT2D eigenvalue weighted by Crippen LogP contribution is 2.08. The number of thiophene rings is 1. The Morgan fingerprint density at radius 1 is 1.27 bits per heavy atom. The van der Waals surface area contributed by atoms with E-state index in [1.165, 1.54) is 43.8 Å². The van der Waals surface area contributed by atoms with Gasteiger partial charge in [0.25, 0.3) is 0 Å². The van der Waals surface area contributed by atoms with Crippen molar-refractivity contribution < 1.29 is 0 Å². The molecule has 1 fully saturated rings. The molecule has 1 N–H and O–H groups in total. The molecule has 0 saturated carbocycles. The normalized spacial score (nSPS) is 17.3. The molecule has 2 nitrogen and oxygen atoms in total. The molecule has 15 heavy (non-hydrogen) atoms. The summed E-state index contributed by atoms with van der Waals surface area (Å²) in [5.41, 5.74) is 0. The lowest BCUT2D eigenvalue weighted by Gasteiger charge is -2.14. The summed E-state index contributed by atoms with van der Waals surface area (Å²) in [4.78, 5) is 4.04. The molecule has 0 aromatic carbocycles. The van der Waals surface area contributed by atoms with Crippen molar-refractivity contribution in [3.8, 4) is 0 Å². The molecule has 84 valence electrons. The molecule has 1 aliphatic heterocycles. The molecule has 0 amide bonds. The Hall–Kier alpha value is -0.380. The fraction of sp³-hybridized carbons (Fsp3) is 0.667. The minimum atomic E-state index is 1.12. The van der Waals surface area contributed by atoms with Crippen molar-refractivity contribution in [3.63, 3.8) is 0 Å². The number of nitrogens with zero attached hydrogens (tertiary/aromatic N) is 1. The lowest BCUT2D eigenvalue weighted by molar-refractivity contribution is 0.336. The van der Waals surface area contributed by atoms with Gasteiger partial charge in [0.15, 0.2) is 0 Å². The van der Waals surface area contributed by atoms with Crippen LogP contribution >= 0.6 is 11.3 Å². The van der Waals surface area contributed by atoms with Crippen molar-refractivity contribution in [2.75, 3.05) is 32.7 Å². The van der Waals surface area contributed by atoms with Gasteiger partial charge in [-0.15, -0.1) is 11.3 Å². The van der Waals surface area contributed by atoms with Gasteiger partial charge in [-0.25, -0.2) is 0 Å². The molecule has 3 heteroatoms. The molecule has 1 aromatic heterocycles. The first-order valence-corrected chi connectivity index (χ1v) is 6.78. The van der Waals surface area contributed by atoms with Crippen LogP contribution in [0.25, 0.3) is 0 Å². The Bertz CT molecular complexity index is 253. The quantitative estimate of drug-likeness (QED) is 0.743. The fourth-order valence-corrected chi connectivity index (χ4v) is 2.74. The van der Waals surface area contributed by atoms with Crippen LogP contribution in [0.2, 0.25) is 0 Å². The summed E-state index contributed by atoms with van der Waals surface area (Å²) in [5.74, 6) is 0. The second-order valence-electron chi connectivity index (χ2n) is 4.13. The van der Waals surface area contributed by atoms with Gasteiger partial charge in [0.1, 0.15) is 0 Å². The maximum Gasteiger partial charge on any atom is 0.0107 e. The Morgan fingerprint density at radius 2 is 2.13 bits per heavy atom. The Kier molecular flexibility index (Phi) is 4.64. The lowest BCUT2D eigenvalue weighted by atomic mass is 10.3. The van der Waals surface area contributed by atoms with Crippen LogP contribution in [0.3, 0.4) is 0 Å². The van der Waals surface area contributed by atoms with Crippen molar-refractivity contribution in [1.82, 2.24) is 10.2 Å². The summed E-state index contributed by atoms with van der Waals surface area (Å²) in [5, 5.41) is 5.67. The average Bonchev–Trinajstić information content (AvgIpc) is 2.88. The van der Waals surface area contributed by atoms with E-state index in [9.17, 15) is 0 Å². The molecule has 1 aliphatic rings. The van der Waals surface area contributed by atoms with Crippen molar-refractivity contribution >= 4 is 11.3 Å². The molecule has 1 saturated heterocycles. The first kappa shape index (κ1) is 11.1. The topological polar surface area (TPSA) is 15.3 Å². The van der Waals surface area contributed by atoms with E-state index in [0.29, 0.717) is 0 Å². The highest BCUT2D eigenvalue weighted by atomic mass is 32.1. The molecule has 0 bridgehead atoms. The van der Waals surface area contributed by atoms with Gasteiger partial charge in [-0.2, -0.15) is 0 Å². The van der Waals surface area contributed by atoms with Gasteiger partial charge in [0.2, 0.25) is 0 Å². The zero-order valence-electron chi connectivity index (χ0n) is 9.24. The molecule has 1 aromatic rings. The van der Waals surface area contributed by atoms with Crippen LogP contribution in [0, 0.1) is 0 Å². The van der Waals surface area contributed by atoms with Crippen molar-refractivity contribution in [1.29, 1.82) is 0 Å². The van der Waals surface area contributed by atoms with E-state index in [4.69, 9.17) is 0 Å². The first-order valence-electron chi connectivity index (χ1n) is 5.90. The fourth-order valence-electron chi connectivity index (χ4n) is 2.03. The van der Waals surface area contributed by atoms with E-state index in [0.717, 1.165) is 13.1 Å². The molecular formula is C12H20N2S. The first-order chi connectivity index (χ1) is 7.45. The smallest absolute Gasteiger partial charge is 0.0107 e. The van der Waals surface area contributed by atoms with E-state index >= 15 is 0 Å². The molecular weight excluding hydrogens is 204 g/mol. The molecule has 0 atom stereocenters. The van der Waals surface area contributed by atoms with Crippen LogP contribution in [0.15, 0.2) is 17.5 Å². The third kappa shape index (κ3) is 3.93. The van der Waals surface area contributed by atoms with Crippen molar-refractivity contribution in [2.45, 2.75) is 19.3 Å². The van der Waals surface area contributed by atoms with Gasteiger partial charge in [-0.3, -0.25) is 0 Å². The number of nitrogens with one attached hydrogen (secondary N) is 1. The number of rotatable bonds is 6. The largest absolute Gasteiger partial charge is 0.315 e. The van der Waals surface area contributed by atoms with E-state index in [-0.39, 0.29) is 0 Å². The van der Waals surface area contributed by atoms with Crippen LogP contribution < -0.4 is 5.32 Å². The summed E-state index contributed by atoms with van der Waals surface area (Å²) in [6, 6.07) is 4.34. The van der Waals surface area contributed by atoms with Crippen LogP contribution in [0.1, 0.15) is 17.7 Å². The number of hydrogen-bond acceptors (Lipinski definition) is 3. The summed E-state index contributed by atoms with van der Waals surface area (Å²) < 4.78 is 0. The maximum absolute atomic E-state index is 3.52. The van der Waals surface area contributed by atoms with Crippen molar-refractivity contribution in [3.05, 3.63) is 22.4 Å². The maximum atomic E-state index is 3.52. The van der Waals surface area contributed by atoms with E-state index in [2.05, 4.69) is 27.7 Å². The predicted molar refractivity (Wildman–Crippen MR) is 66.6 cm³/mol. The highest BCUT2D eigenvalue weighted by molar-refractivity contribution is 7.09. The summed E-state index contributed by atoms with van der Waals surface area (Å²) in [6.07, 6.45) is 3.97. The Labute approximate surface area is 96.3 Å². The summed E-state index contributed by atoms with van der Waals surface area (Å²) in [6.45, 7) is 6.11. The van der Waals surface area contributed by atoms with E-state index < -0.39 is 0 Å². The average molecular weight is 224 g/mol. The SMILES string of the molecule is c1csc(CCNCCN2CCCC2)c1. The standard InChI is InChI=1S/C12H20N2S/c1-2-9-14(8-1)10-7-13-6-5-12-4-3-11-15-12/h3-4,11,13H,1-2,5-10H2. The monoisotopic (exact) mass is 224 g/mol. The number of hydrogen-bond donors (Lipinski definition) is 1. The third-order valence-corrected chi connectivity index (χ3v) is 3.87. The molecule has 2 rings (SSSR count). The van der Waals surface area contributed by atoms with Gasteiger partial charge in [-0.05, 0) is 43.8 Å². The second-order valence-corrected chi connectivity index (χ2v) is 5.16. The number of likely N-dealkylation sites (tertiary alicyclic amines) is 1. The molecule has 0 spiro atoms. The van der Waals surface area contributed by atoms with Gasteiger partial charge in [0.05, 0.1) is 0 Å². The minimum absolute atomic E-state index is 1.12. The Balaban J connectivity index is 1.48. The van der Waals surface area contributed by atoms with Crippen LogP contribution in [0.5, 0.6) is 0 Å². The summed E-state index contributed by atoms with van der Waals surface area (Å²) >= 11 is 1.86. The van der Waals surface area contributed by atoms with E-state index in [1.807, 2.05) is 11.3 Å². The molecule has 0 radical (unpaired) electrons. The second kappa shape index (κ2) is 6.26. The predicted octanol–water partition coefficient (Wildman–Crippen LogP) is 1.98. The summed E-state index contributed by atoms with van der Waals surface area (Å²) in [7, 11) is 0. The minimum Gasteiger partial charge on any atom is -0.315 e. The molecule has 0 aliphatic carbocycles. The van der Waals surface area contributed by atoms with Gasteiger partial charge >= 0.3 is 0 Å². The van der Waals surface area contributed by atoms with Crippen molar-refractivity contribution in [2.24, 2.45) is 0 Å². The van der Waals surface area contributed by atoms with Gasteiger partial charge in [0, 0.05) is 24.5 Å².